The van der Waals surface area contributed by atoms with Crippen LogP contribution in [0.1, 0.15) is 59.6 Å². The van der Waals surface area contributed by atoms with Crippen molar-refractivity contribution in [2.45, 2.75) is 65.8 Å². The van der Waals surface area contributed by atoms with Gasteiger partial charge < -0.3 is 9.84 Å². The van der Waals surface area contributed by atoms with E-state index in [4.69, 9.17) is 4.74 Å². The van der Waals surface area contributed by atoms with E-state index in [1.165, 1.54) is 16.7 Å². The molecule has 2 atom stereocenters. The largest absolute Gasteiger partial charge is 0.489 e. The molecular weight excluding hydrogens is 464 g/mol. The molecule has 0 aliphatic carbocycles. The van der Waals surface area contributed by atoms with Crippen molar-refractivity contribution in [1.29, 1.82) is 0 Å². The number of aliphatic carboxylic acids is 1. The van der Waals surface area contributed by atoms with Gasteiger partial charge >= 0.3 is 5.97 Å². The third-order valence-corrected chi connectivity index (χ3v) is 7.42. The van der Waals surface area contributed by atoms with Crippen LogP contribution in [0.4, 0.5) is 0 Å². The molecule has 5 rings (SSSR count). The molecule has 1 N–H and O–H groups in total. The molecule has 0 spiro atoms. The van der Waals surface area contributed by atoms with E-state index in [0.717, 1.165) is 59.7 Å². The second-order valence-electron chi connectivity index (χ2n) is 10.1. The molecule has 7 nitrogen and oxygen atoms in total. The van der Waals surface area contributed by atoms with E-state index in [0.29, 0.717) is 0 Å². The number of fused-ring (bicyclic) bond motifs is 2. The van der Waals surface area contributed by atoms with E-state index < -0.39 is 5.97 Å². The van der Waals surface area contributed by atoms with Gasteiger partial charge in [0.05, 0.1) is 11.9 Å². The summed E-state index contributed by atoms with van der Waals surface area (Å²) in [5, 5.41) is 18.5. The summed E-state index contributed by atoms with van der Waals surface area (Å²) in [5.41, 5.74) is 8.37. The smallest absolute Gasteiger partial charge is 0.304 e. The zero-order chi connectivity index (χ0) is 26.1. The van der Waals surface area contributed by atoms with E-state index in [1.54, 1.807) is 0 Å². The van der Waals surface area contributed by atoms with E-state index in [2.05, 4.69) is 59.4 Å². The first kappa shape index (κ1) is 25.0. The lowest BCUT2D eigenvalue weighted by atomic mass is 9.84. The molecule has 1 aromatic heterocycles. The molecule has 0 saturated heterocycles. The fraction of sp³-hybridized carbons (Fsp3) is 0.367. The molecule has 0 amide bonds. The Morgan fingerprint density at radius 1 is 1.16 bits per heavy atom. The molecule has 4 aromatic rings. The van der Waals surface area contributed by atoms with Crippen molar-refractivity contribution in [2.24, 2.45) is 0 Å². The van der Waals surface area contributed by atoms with Gasteiger partial charge in [0.1, 0.15) is 17.4 Å². The Bertz CT molecular complexity index is 1440. The lowest BCUT2D eigenvalue weighted by molar-refractivity contribution is -0.137. The highest BCUT2D eigenvalue weighted by Crippen LogP contribution is 2.35. The summed E-state index contributed by atoms with van der Waals surface area (Å²) in [5.74, 6) is -0.144. The minimum Gasteiger partial charge on any atom is -0.489 e. The number of aryl methyl sites for hydroxylation is 3. The van der Waals surface area contributed by atoms with Crippen molar-refractivity contribution >= 4 is 17.0 Å². The summed E-state index contributed by atoms with van der Waals surface area (Å²) in [6.07, 6.45) is 0.0939. The van der Waals surface area contributed by atoms with Crippen LogP contribution in [0.15, 0.2) is 54.6 Å². The van der Waals surface area contributed by atoms with Crippen LogP contribution in [-0.4, -0.2) is 43.6 Å². The van der Waals surface area contributed by atoms with E-state index >= 15 is 0 Å². The lowest BCUT2D eigenvalue weighted by Crippen LogP contribution is -2.30. The fourth-order valence-corrected chi connectivity index (χ4v) is 5.49. The van der Waals surface area contributed by atoms with Crippen LogP contribution >= 0.6 is 0 Å². The molecular formula is C30H34N4O3. The van der Waals surface area contributed by atoms with Crippen molar-refractivity contribution in [3.05, 3.63) is 88.0 Å². The van der Waals surface area contributed by atoms with E-state index in [-0.39, 0.29) is 18.4 Å². The Hall–Kier alpha value is -3.71. The first-order chi connectivity index (χ1) is 17.8. The number of aromatic nitrogens is 3. The maximum Gasteiger partial charge on any atom is 0.304 e. The second kappa shape index (κ2) is 10.3. The first-order valence-electron chi connectivity index (χ1n) is 12.9. The summed E-state index contributed by atoms with van der Waals surface area (Å²) in [4.78, 5) is 14.4. The average molecular weight is 499 g/mol. The molecule has 2 heterocycles. The van der Waals surface area contributed by atoms with Gasteiger partial charge in [0, 0.05) is 37.7 Å². The van der Waals surface area contributed by atoms with Crippen LogP contribution in [0, 0.1) is 13.8 Å². The number of para-hydroxylation sites is 1. The number of benzene rings is 3. The molecule has 0 saturated carbocycles. The number of ether oxygens (including phenoxy) is 1. The first-order valence-corrected chi connectivity index (χ1v) is 12.9. The maximum atomic E-state index is 12.0. The summed E-state index contributed by atoms with van der Waals surface area (Å²) >= 11 is 0. The van der Waals surface area contributed by atoms with Gasteiger partial charge in [-0.1, -0.05) is 47.7 Å². The standard InChI is InChI=1S/C30H34N4O3/c1-5-34-27-13-12-25(21(4)30(27)31-32-34)26(15-29(35)36)22-11-10-19(2)24(14-22)18-33-16-20(3)37-28-9-7-6-8-23(28)17-33/h6-14,20,26H,5,15-18H2,1-4H3,(H,35,36). The number of carboxylic acids is 1. The highest BCUT2D eigenvalue weighted by atomic mass is 16.5. The second-order valence-corrected chi connectivity index (χ2v) is 10.1. The predicted octanol–water partition coefficient (Wildman–Crippen LogP) is 5.46. The molecule has 1 aliphatic heterocycles. The molecule has 0 bridgehead atoms. The molecule has 3 aromatic carbocycles. The van der Waals surface area contributed by atoms with Crippen molar-refractivity contribution in [3.63, 3.8) is 0 Å². The van der Waals surface area contributed by atoms with Gasteiger partial charge in [-0.3, -0.25) is 9.69 Å². The highest BCUT2D eigenvalue weighted by Gasteiger charge is 2.24. The molecule has 1 aliphatic rings. The maximum absolute atomic E-state index is 12.0. The molecule has 2 unspecified atom stereocenters. The van der Waals surface area contributed by atoms with Gasteiger partial charge in [-0.2, -0.15) is 0 Å². The SMILES string of the molecule is CCn1nnc2c(C)c(C(CC(=O)O)c3ccc(C)c(CN4Cc5ccccc5OC(C)C4)c3)ccc21. The lowest BCUT2D eigenvalue weighted by Gasteiger charge is -2.25. The summed E-state index contributed by atoms with van der Waals surface area (Å²) in [6.45, 7) is 11.4. The zero-order valence-corrected chi connectivity index (χ0v) is 21.9. The van der Waals surface area contributed by atoms with Gasteiger partial charge in [-0.25, -0.2) is 4.68 Å². The van der Waals surface area contributed by atoms with Gasteiger partial charge in [-0.05, 0) is 67.6 Å². The van der Waals surface area contributed by atoms with Gasteiger partial charge in [0.15, 0.2) is 0 Å². The summed E-state index contributed by atoms with van der Waals surface area (Å²) in [7, 11) is 0. The van der Waals surface area contributed by atoms with Crippen molar-refractivity contribution in [1.82, 2.24) is 19.9 Å². The number of carbonyl (C=O) groups is 1. The van der Waals surface area contributed by atoms with Crippen LogP contribution in [0.3, 0.4) is 0 Å². The van der Waals surface area contributed by atoms with Crippen LogP contribution in [0.25, 0.3) is 11.0 Å². The Kier molecular flexibility index (Phi) is 6.98. The minimum absolute atomic E-state index is 0.0126. The third kappa shape index (κ3) is 5.09. The number of hydrogen-bond acceptors (Lipinski definition) is 5. The van der Waals surface area contributed by atoms with Crippen LogP contribution < -0.4 is 4.74 Å². The Morgan fingerprint density at radius 2 is 1.97 bits per heavy atom. The Morgan fingerprint density at radius 3 is 2.76 bits per heavy atom. The number of carboxylic acid groups (broad SMARTS) is 1. The van der Waals surface area contributed by atoms with Gasteiger partial charge in [0.25, 0.3) is 0 Å². The number of hydrogen-bond donors (Lipinski definition) is 1. The van der Waals surface area contributed by atoms with Crippen LogP contribution in [0.5, 0.6) is 5.75 Å². The number of nitrogens with zero attached hydrogens (tertiary/aromatic N) is 4. The van der Waals surface area contributed by atoms with Crippen molar-refractivity contribution in [2.75, 3.05) is 6.54 Å². The van der Waals surface area contributed by atoms with Gasteiger partial charge in [-0.15, -0.1) is 5.10 Å². The minimum atomic E-state index is -0.820. The summed E-state index contributed by atoms with van der Waals surface area (Å²) in [6, 6.07) is 18.7. The normalized spacial score (nSPS) is 16.7. The van der Waals surface area contributed by atoms with Crippen molar-refractivity contribution < 1.29 is 14.6 Å². The van der Waals surface area contributed by atoms with Crippen LogP contribution in [0.2, 0.25) is 0 Å². The average Bonchev–Trinajstić information content (AvgIpc) is 3.22. The molecule has 37 heavy (non-hydrogen) atoms. The van der Waals surface area contributed by atoms with Gasteiger partial charge in [0.2, 0.25) is 0 Å². The molecule has 192 valence electrons. The predicted molar refractivity (Wildman–Crippen MR) is 144 cm³/mol. The monoisotopic (exact) mass is 498 g/mol. The molecule has 0 radical (unpaired) electrons. The van der Waals surface area contributed by atoms with Crippen molar-refractivity contribution in [3.8, 4) is 5.75 Å². The topological polar surface area (TPSA) is 80.5 Å². The Labute approximate surface area is 217 Å². The Balaban J connectivity index is 1.49. The molecule has 7 heteroatoms. The summed E-state index contributed by atoms with van der Waals surface area (Å²) < 4.78 is 8.02. The van der Waals surface area contributed by atoms with E-state index in [1.807, 2.05) is 42.8 Å². The quantitative estimate of drug-likeness (QED) is 0.365. The molecule has 0 fully saturated rings. The fourth-order valence-electron chi connectivity index (χ4n) is 5.49. The van der Waals surface area contributed by atoms with E-state index in [9.17, 15) is 9.90 Å². The number of rotatable bonds is 7. The van der Waals surface area contributed by atoms with Crippen LogP contribution in [-0.2, 0) is 24.4 Å². The third-order valence-electron chi connectivity index (χ3n) is 7.42. The highest BCUT2D eigenvalue weighted by molar-refractivity contribution is 5.80. The zero-order valence-electron chi connectivity index (χ0n) is 21.9.